The normalized spacial score (nSPS) is 16.4. The molecule has 2 amide bonds. The van der Waals surface area contributed by atoms with Crippen LogP contribution in [0.2, 0.25) is 0 Å². The van der Waals surface area contributed by atoms with Gasteiger partial charge in [-0.1, -0.05) is 58.9 Å². The Morgan fingerprint density at radius 3 is 2.23 bits per heavy atom. The Morgan fingerprint density at radius 1 is 1.13 bits per heavy atom. The van der Waals surface area contributed by atoms with E-state index >= 15 is 0 Å². The number of nitrogens with zero attached hydrogens (tertiary/aromatic N) is 1. The molecule has 0 spiro atoms. The zero-order valence-electron chi connectivity index (χ0n) is 19.5. The van der Waals surface area contributed by atoms with Gasteiger partial charge in [-0.3, -0.25) is 4.79 Å². The molecular weight excluding hydrogens is 378 g/mol. The Kier molecular flexibility index (Phi) is 8.71. The monoisotopic (exact) mass is 417 g/mol. The van der Waals surface area contributed by atoms with Crippen molar-refractivity contribution in [3.05, 3.63) is 35.4 Å². The summed E-state index contributed by atoms with van der Waals surface area (Å²) in [5.41, 5.74) is 2.64. The number of hydrogen-bond donors (Lipinski definition) is 2. The molecule has 0 aromatic heterocycles. The molecule has 6 nitrogen and oxygen atoms in total. The Bertz CT molecular complexity index is 687. The second-order valence-electron chi connectivity index (χ2n) is 9.50. The predicted octanol–water partition coefficient (Wildman–Crippen LogP) is 4.01. The summed E-state index contributed by atoms with van der Waals surface area (Å²) >= 11 is 0. The molecule has 0 aliphatic carbocycles. The number of ether oxygens (including phenoxy) is 1. The molecule has 1 atom stereocenters. The number of carbonyl (C=O) groups is 2. The number of hydrogen-bond acceptors (Lipinski definition) is 4. The molecule has 1 aromatic carbocycles. The summed E-state index contributed by atoms with van der Waals surface area (Å²) in [4.78, 5) is 26.0. The van der Waals surface area contributed by atoms with Crippen molar-refractivity contribution in [3.63, 3.8) is 0 Å². The van der Waals surface area contributed by atoms with Crippen LogP contribution < -0.4 is 10.6 Å². The van der Waals surface area contributed by atoms with Gasteiger partial charge in [-0.25, -0.2) is 4.79 Å². The van der Waals surface area contributed by atoms with Crippen molar-refractivity contribution < 1.29 is 14.3 Å². The maximum atomic E-state index is 12.5. The molecule has 6 heteroatoms. The maximum Gasteiger partial charge on any atom is 0.409 e. The first kappa shape index (κ1) is 24.2. The van der Waals surface area contributed by atoms with Crippen LogP contribution in [0.25, 0.3) is 0 Å². The van der Waals surface area contributed by atoms with Crippen LogP contribution in [0.1, 0.15) is 71.6 Å². The highest BCUT2D eigenvalue weighted by Crippen LogP contribution is 2.26. The summed E-state index contributed by atoms with van der Waals surface area (Å²) in [5, 5.41) is 6.54. The number of likely N-dealkylation sites (tertiary alicyclic amines) is 1. The van der Waals surface area contributed by atoms with E-state index in [0.29, 0.717) is 25.6 Å². The van der Waals surface area contributed by atoms with Gasteiger partial charge in [0.05, 0.1) is 13.2 Å². The molecule has 1 aliphatic rings. The van der Waals surface area contributed by atoms with Crippen LogP contribution in [0.15, 0.2) is 24.3 Å². The van der Waals surface area contributed by atoms with E-state index < -0.39 is 0 Å². The summed E-state index contributed by atoms with van der Waals surface area (Å²) in [6, 6.07) is 8.93. The number of benzene rings is 1. The zero-order valence-corrected chi connectivity index (χ0v) is 19.5. The molecule has 0 saturated carbocycles. The van der Waals surface area contributed by atoms with Gasteiger partial charge in [0.1, 0.15) is 0 Å². The highest BCUT2D eigenvalue weighted by atomic mass is 16.6. The molecule has 1 aromatic rings. The van der Waals surface area contributed by atoms with Crippen molar-refractivity contribution in [2.45, 2.75) is 71.9 Å². The molecule has 1 fully saturated rings. The molecule has 168 valence electrons. The molecule has 30 heavy (non-hydrogen) atoms. The number of piperidine rings is 1. The van der Waals surface area contributed by atoms with Crippen LogP contribution in [0.3, 0.4) is 0 Å². The molecule has 2 N–H and O–H groups in total. The van der Waals surface area contributed by atoms with Crippen molar-refractivity contribution in [2.75, 3.05) is 26.2 Å². The fraction of sp³-hybridized carbons (Fsp3) is 0.667. The lowest BCUT2D eigenvalue weighted by molar-refractivity contribution is -0.121. The standard InChI is InChI=1S/C24H39N3O3/c1-7-30-23(29)27-14-12-20(13-15-27)26-21(28)16-25-22(17(2)3)18-8-10-19(11-9-18)24(4,5)6/h8-11,17,20,22,25H,7,12-16H2,1-6H3,(H,26,28)/t22-/m0/s1. The highest BCUT2D eigenvalue weighted by Gasteiger charge is 2.25. The van der Waals surface area contributed by atoms with Gasteiger partial charge in [0.25, 0.3) is 0 Å². The first-order valence-corrected chi connectivity index (χ1v) is 11.2. The van der Waals surface area contributed by atoms with Gasteiger partial charge in [-0.2, -0.15) is 0 Å². The van der Waals surface area contributed by atoms with Crippen molar-refractivity contribution in [3.8, 4) is 0 Å². The van der Waals surface area contributed by atoms with E-state index in [-0.39, 0.29) is 36.0 Å². The molecule has 0 unspecified atom stereocenters. The second kappa shape index (κ2) is 10.8. The van der Waals surface area contributed by atoms with E-state index in [4.69, 9.17) is 4.74 Å². The van der Waals surface area contributed by atoms with E-state index in [1.165, 1.54) is 11.1 Å². The van der Waals surface area contributed by atoms with Gasteiger partial charge in [-0.15, -0.1) is 0 Å². The van der Waals surface area contributed by atoms with Crippen LogP contribution in [0.5, 0.6) is 0 Å². The third-order valence-electron chi connectivity index (χ3n) is 5.67. The molecule has 0 bridgehead atoms. The van der Waals surface area contributed by atoms with E-state index in [9.17, 15) is 9.59 Å². The van der Waals surface area contributed by atoms with Crippen molar-refractivity contribution in [2.24, 2.45) is 5.92 Å². The number of nitrogens with one attached hydrogen (secondary N) is 2. The maximum absolute atomic E-state index is 12.5. The summed E-state index contributed by atoms with van der Waals surface area (Å²) in [7, 11) is 0. The Labute approximate surface area is 181 Å². The Balaban J connectivity index is 1.84. The van der Waals surface area contributed by atoms with Gasteiger partial charge >= 0.3 is 6.09 Å². The molecule has 1 heterocycles. The lowest BCUT2D eigenvalue weighted by atomic mass is 9.85. The summed E-state index contributed by atoms with van der Waals surface area (Å²) in [5.74, 6) is 0.368. The van der Waals surface area contributed by atoms with Gasteiger partial charge in [-0.05, 0) is 42.2 Å². The topological polar surface area (TPSA) is 70.7 Å². The van der Waals surface area contributed by atoms with E-state index in [2.05, 4.69) is 69.5 Å². The zero-order chi connectivity index (χ0) is 22.3. The lowest BCUT2D eigenvalue weighted by Crippen LogP contribution is -2.48. The SMILES string of the molecule is CCOC(=O)N1CCC(NC(=O)CN[C@H](c2ccc(C(C)(C)C)cc2)C(C)C)CC1. The summed E-state index contributed by atoms with van der Waals surface area (Å²) < 4.78 is 5.04. The molecule has 1 aliphatic heterocycles. The number of amides is 2. The van der Waals surface area contributed by atoms with Crippen molar-refractivity contribution in [1.29, 1.82) is 0 Å². The quantitative estimate of drug-likeness (QED) is 0.703. The third-order valence-corrected chi connectivity index (χ3v) is 5.67. The van der Waals surface area contributed by atoms with Gasteiger partial charge in [0.15, 0.2) is 0 Å². The minimum absolute atomic E-state index is 0.00143. The van der Waals surface area contributed by atoms with Crippen molar-refractivity contribution >= 4 is 12.0 Å². The van der Waals surface area contributed by atoms with Crippen LogP contribution in [0.4, 0.5) is 4.79 Å². The summed E-state index contributed by atoms with van der Waals surface area (Å²) in [6.07, 6.45) is 1.25. The summed E-state index contributed by atoms with van der Waals surface area (Å²) in [6.45, 7) is 14.7. The average Bonchev–Trinajstić information content (AvgIpc) is 2.68. The fourth-order valence-electron chi connectivity index (χ4n) is 3.83. The highest BCUT2D eigenvalue weighted by molar-refractivity contribution is 5.78. The Morgan fingerprint density at radius 2 is 1.73 bits per heavy atom. The van der Waals surface area contributed by atoms with Crippen LogP contribution >= 0.6 is 0 Å². The smallest absolute Gasteiger partial charge is 0.409 e. The first-order valence-electron chi connectivity index (χ1n) is 11.2. The number of rotatable bonds is 7. The molecule has 0 radical (unpaired) electrons. The van der Waals surface area contributed by atoms with Gasteiger partial charge < -0.3 is 20.3 Å². The molecule has 1 saturated heterocycles. The minimum atomic E-state index is -0.263. The van der Waals surface area contributed by atoms with E-state index in [1.807, 2.05) is 0 Å². The van der Waals surface area contributed by atoms with Gasteiger partial charge in [0.2, 0.25) is 5.91 Å². The molecular formula is C24H39N3O3. The second-order valence-corrected chi connectivity index (χ2v) is 9.50. The van der Waals surface area contributed by atoms with Crippen molar-refractivity contribution in [1.82, 2.24) is 15.5 Å². The van der Waals surface area contributed by atoms with Crippen LogP contribution in [-0.2, 0) is 14.9 Å². The van der Waals surface area contributed by atoms with Crippen LogP contribution in [-0.4, -0.2) is 49.2 Å². The fourth-order valence-corrected chi connectivity index (χ4v) is 3.83. The van der Waals surface area contributed by atoms with Crippen LogP contribution in [0, 0.1) is 5.92 Å². The Hall–Kier alpha value is -2.08. The average molecular weight is 418 g/mol. The molecule has 2 rings (SSSR count). The van der Waals surface area contributed by atoms with E-state index in [1.54, 1.807) is 11.8 Å². The van der Waals surface area contributed by atoms with Gasteiger partial charge in [0, 0.05) is 25.2 Å². The largest absolute Gasteiger partial charge is 0.450 e. The number of carbonyl (C=O) groups excluding carboxylic acids is 2. The predicted molar refractivity (Wildman–Crippen MR) is 120 cm³/mol. The minimum Gasteiger partial charge on any atom is -0.450 e. The van der Waals surface area contributed by atoms with E-state index in [0.717, 1.165) is 12.8 Å². The third kappa shape index (κ3) is 7.01. The first-order chi connectivity index (χ1) is 14.1. The lowest BCUT2D eigenvalue weighted by Gasteiger charge is -2.32.